The molecule has 0 radical (unpaired) electrons. The Bertz CT molecular complexity index is 812. The first-order chi connectivity index (χ1) is 10.6. The molecule has 0 bridgehead atoms. The molecule has 1 aromatic carbocycles. The highest BCUT2D eigenvalue weighted by Gasteiger charge is 2.35. The number of aryl methyl sites for hydroxylation is 1. The Hall–Kier alpha value is -3.02. The van der Waals surface area contributed by atoms with Gasteiger partial charge in [-0.05, 0) is 18.6 Å². The first-order valence-corrected chi connectivity index (χ1v) is 6.64. The molecule has 1 aliphatic carbocycles. The molecule has 0 atom stereocenters. The highest BCUT2D eigenvalue weighted by atomic mass is 16.5. The van der Waals surface area contributed by atoms with E-state index in [-0.39, 0.29) is 22.8 Å². The monoisotopic (exact) mass is 295 g/mol. The fourth-order valence-corrected chi connectivity index (χ4v) is 2.27. The number of allylic oxidation sites excluding steroid dienone is 2. The van der Waals surface area contributed by atoms with Gasteiger partial charge >= 0.3 is 0 Å². The summed E-state index contributed by atoms with van der Waals surface area (Å²) in [5.41, 5.74) is 1.79. The van der Waals surface area contributed by atoms with E-state index in [1.54, 1.807) is 0 Å². The molecule has 2 aromatic rings. The van der Waals surface area contributed by atoms with Crippen LogP contribution in [0.2, 0.25) is 0 Å². The number of para-hydroxylation sites is 1. The van der Waals surface area contributed by atoms with E-state index < -0.39 is 11.6 Å². The minimum Gasteiger partial charge on any atom is -0.491 e. The quantitative estimate of drug-likeness (QED) is 0.934. The van der Waals surface area contributed by atoms with Gasteiger partial charge in [-0.3, -0.25) is 9.59 Å². The van der Waals surface area contributed by atoms with Gasteiger partial charge in [-0.15, -0.1) is 0 Å². The van der Waals surface area contributed by atoms with E-state index in [0.29, 0.717) is 0 Å². The molecule has 3 rings (SSSR count). The zero-order valence-corrected chi connectivity index (χ0v) is 12.1. The van der Waals surface area contributed by atoms with Gasteiger partial charge in [0, 0.05) is 18.1 Å². The van der Waals surface area contributed by atoms with Crippen LogP contribution in [0.1, 0.15) is 26.5 Å². The van der Waals surface area contributed by atoms with Gasteiger partial charge in [0.1, 0.15) is 17.1 Å². The Labute approximate surface area is 126 Å². The van der Waals surface area contributed by atoms with Gasteiger partial charge in [-0.25, -0.2) is 9.97 Å². The lowest BCUT2D eigenvalue weighted by Crippen LogP contribution is -2.29. The topological polar surface area (TPSA) is 81.2 Å². The highest BCUT2D eigenvalue weighted by Crippen LogP contribution is 2.26. The van der Waals surface area contributed by atoms with E-state index in [4.69, 9.17) is 4.74 Å². The number of hydrogen-bond donors (Lipinski definition) is 1. The maximum Gasteiger partial charge on any atom is 0.250 e. The number of benzene rings is 1. The van der Waals surface area contributed by atoms with Crippen LogP contribution >= 0.6 is 0 Å². The summed E-state index contributed by atoms with van der Waals surface area (Å²) < 4.78 is 5.13. The van der Waals surface area contributed by atoms with Crippen molar-refractivity contribution in [2.24, 2.45) is 0 Å². The number of methoxy groups -OCH3 is 1. The van der Waals surface area contributed by atoms with Gasteiger partial charge in [0.25, 0.3) is 5.78 Å². The number of hydrogen-bond acceptors (Lipinski definition) is 6. The molecule has 0 spiro atoms. The Morgan fingerprint density at radius 2 is 1.64 bits per heavy atom. The molecule has 1 aromatic heterocycles. The van der Waals surface area contributed by atoms with Crippen LogP contribution < -0.4 is 5.32 Å². The van der Waals surface area contributed by atoms with E-state index in [2.05, 4.69) is 15.3 Å². The summed E-state index contributed by atoms with van der Waals surface area (Å²) in [6, 6.07) is 7.45. The van der Waals surface area contributed by atoms with Crippen LogP contribution in [0.25, 0.3) is 0 Å². The maximum atomic E-state index is 12.6. The number of anilines is 1. The van der Waals surface area contributed by atoms with Gasteiger partial charge in [-0.2, -0.15) is 0 Å². The lowest BCUT2D eigenvalue weighted by Gasteiger charge is -2.20. The standard InChI is InChI=1S/C16H13N3O3/c1-9-5-3-4-6-10(9)19-13-14(20)11-12(18-8-7-17-11)15(21)16(13)22-2/h3-8,19H,1-2H3. The fourth-order valence-electron chi connectivity index (χ4n) is 2.27. The third-order valence-corrected chi connectivity index (χ3v) is 3.40. The Kier molecular flexibility index (Phi) is 3.42. The summed E-state index contributed by atoms with van der Waals surface area (Å²) in [6.07, 6.45) is 2.75. The second kappa shape index (κ2) is 5.40. The lowest BCUT2D eigenvalue weighted by atomic mass is 9.99. The smallest absolute Gasteiger partial charge is 0.250 e. The number of ether oxygens (including phenoxy) is 1. The Morgan fingerprint density at radius 1 is 1.00 bits per heavy atom. The Morgan fingerprint density at radius 3 is 2.27 bits per heavy atom. The first kappa shape index (κ1) is 13.9. The van der Waals surface area contributed by atoms with Crippen LogP contribution in [0.15, 0.2) is 48.1 Å². The van der Waals surface area contributed by atoms with Crippen molar-refractivity contribution in [1.29, 1.82) is 0 Å². The third kappa shape index (κ3) is 2.14. The minimum absolute atomic E-state index is 0.0136. The molecule has 0 amide bonds. The number of carbonyl (C=O) groups excluding carboxylic acids is 2. The van der Waals surface area contributed by atoms with Crippen molar-refractivity contribution in [2.75, 3.05) is 12.4 Å². The molecule has 1 aliphatic rings. The average molecular weight is 295 g/mol. The van der Waals surface area contributed by atoms with Crippen molar-refractivity contribution >= 4 is 17.3 Å². The summed E-state index contributed by atoms with van der Waals surface area (Å²) in [5, 5.41) is 2.99. The van der Waals surface area contributed by atoms with Crippen LogP contribution in [0.4, 0.5) is 5.69 Å². The molecule has 110 valence electrons. The summed E-state index contributed by atoms with van der Waals surface area (Å²) in [5.74, 6) is -0.926. The maximum absolute atomic E-state index is 12.6. The van der Waals surface area contributed by atoms with Crippen LogP contribution in [0.3, 0.4) is 0 Å². The van der Waals surface area contributed by atoms with Crippen LogP contribution in [0.5, 0.6) is 0 Å². The van der Waals surface area contributed by atoms with Gasteiger partial charge in [0.05, 0.1) is 7.11 Å². The predicted molar refractivity (Wildman–Crippen MR) is 79.5 cm³/mol. The molecule has 0 saturated heterocycles. The molecule has 1 N–H and O–H groups in total. The lowest BCUT2D eigenvalue weighted by molar-refractivity contribution is 0.0899. The van der Waals surface area contributed by atoms with E-state index in [9.17, 15) is 9.59 Å². The van der Waals surface area contributed by atoms with E-state index in [0.717, 1.165) is 11.3 Å². The largest absolute Gasteiger partial charge is 0.491 e. The number of Topliss-reactive ketones (excluding diaryl/α,β-unsaturated/α-hetero) is 2. The molecular weight excluding hydrogens is 282 g/mol. The van der Waals surface area contributed by atoms with Crippen LogP contribution in [0, 0.1) is 6.92 Å². The number of aromatic nitrogens is 2. The molecular formula is C16H13N3O3. The van der Waals surface area contributed by atoms with Crippen molar-refractivity contribution in [2.45, 2.75) is 6.92 Å². The first-order valence-electron chi connectivity index (χ1n) is 6.64. The average Bonchev–Trinajstić information content (AvgIpc) is 2.54. The molecule has 1 heterocycles. The van der Waals surface area contributed by atoms with Crippen molar-refractivity contribution in [3.63, 3.8) is 0 Å². The van der Waals surface area contributed by atoms with Crippen molar-refractivity contribution < 1.29 is 14.3 Å². The number of rotatable bonds is 3. The normalized spacial score (nSPS) is 13.9. The number of fused-ring (bicyclic) bond motifs is 1. The number of ketones is 2. The van der Waals surface area contributed by atoms with Crippen molar-refractivity contribution in [3.05, 3.63) is 65.1 Å². The molecule has 22 heavy (non-hydrogen) atoms. The van der Waals surface area contributed by atoms with Crippen molar-refractivity contribution in [3.8, 4) is 0 Å². The van der Waals surface area contributed by atoms with Gasteiger partial charge in [-0.1, -0.05) is 18.2 Å². The molecule has 6 nitrogen and oxygen atoms in total. The Balaban J connectivity index is 2.11. The van der Waals surface area contributed by atoms with Gasteiger partial charge in [0.15, 0.2) is 5.76 Å². The molecule has 0 fully saturated rings. The number of nitrogens with zero attached hydrogens (tertiary/aromatic N) is 2. The summed E-state index contributed by atoms with van der Waals surface area (Å²) >= 11 is 0. The predicted octanol–water partition coefficient (Wildman–Crippen LogP) is 2.13. The van der Waals surface area contributed by atoms with E-state index in [1.807, 2.05) is 31.2 Å². The third-order valence-electron chi connectivity index (χ3n) is 3.40. The van der Waals surface area contributed by atoms with Crippen LogP contribution in [-0.4, -0.2) is 28.6 Å². The summed E-state index contributed by atoms with van der Waals surface area (Å²) in [7, 11) is 1.35. The fraction of sp³-hybridized carbons (Fsp3) is 0.125. The second-order valence-corrected chi connectivity index (χ2v) is 4.76. The highest BCUT2D eigenvalue weighted by molar-refractivity contribution is 6.25. The van der Waals surface area contributed by atoms with Gasteiger partial charge < -0.3 is 10.1 Å². The zero-order valence-electron chi connectivity index (χ0n) is 12.1. The van der Waals surface area contributed by atoms with E-state index in [1.165, 1.54) is 19.5 Å². The number of carbonyl (C=O) groups is 2. The molecule has 6 heteroatoms. The van der Waals surface area contributed by atoms with Crippen LogP contribution in [-0.2, 0) is 4.74 Å². The zero-order chi connectivity index (χ0) is 15.7. The molecule has 0 saturated carbocycles. The van der Waals surface area contributed by atoms with E-state index >= 15 is 0 Å². The number of nitrogens with one attached hydrogen (secondary N) is 1. The van der Waals surface area contributed by atoms with Crippen molar-refractivity contribution in [1.82, 2.24) is 9.97 Å². The molecule has 0 unspecified atom stereocenters. The summed E-state index contributed by atoms with van der Waals surface area (Å²) in [4.78, 5) is 32.9. The summed E-state index contributed by atoms with van der Waals surface area (Å²) in [6.45, 7) is 1.90. The second-order valence-electron chi connectivity index (χ2n) is 4.76. The van der Waals surface area contributed by atoms with Gasteiger partial charge in [0.2, 0.25) is 5.78 Å². The minimum atomic E-state index is -0.457. The molecule has 0 aliphatic heterocycles. The SMILES string of the molecule is COC1=C(Nc2ccccc2C)C(=O)c2nccnc2C1=O.